The summed E-state index contributed by atoms with van der Waals surface area (Å²) in [5.41, 5.74) is 12.8. The van der Waals surface area contributed by atoms with Gasteiger partial charge in [-0.25, -0.2) is 9.97 Å². The van der Waals surface area contributed by atoms with E-state index in [1.54, 1.807) is 24.3 Å². The molecule has 0 saturated carbocycles. The molecule has 6 atom stereocenters. The van der Waals surface area contributed by atoms with Crippen molar-refractivity contribution in [1.29, 1.82) is 0 Å². The van der Waals surface area contributed by atoms with E-state index in [1.807, 2.05) is 33.8 Å². The average Bonchev–Trinajstić information content (AvgIpc) is 3.90. The van der Waals surface area contributed by atoms with Gasteiger partial charge in [0.2, 0.25) is 41.4 Å². The number of H-pyrrole nitrogens is 2. The summed E-state index contributed by atoms with van der Waals surface area (Å²) in [5, 5.41) is 25.7. The van der Waals surface area contributed by atoms with Crippen LogP contribution in [0, 0.1) is 11.8 Å². The number of primary amides is 1. The lowest BCUT2D eigenvalue weighted by molar-refractivity contribution is -0.136. The lowest BCUT2D eigenvalue weighted by Crippen LogP contribution is -2.61. The number of nitrogens with one attached hydrogen (secondary N) is 8. The summed E-state index contributed by atoms with van der Waals surface area (Å²) in [7, 11) is 0. The Balaban J connectivity index is 1.78. The van der Waals surface area contributed by atoms with E-state index < -0.39 is 90.8 Å². The van der Waals surface area contributed by atoms with Crippen molar-refractivity contribution in [3.8, 4) is 0 Å². The number of aromatic nitrogens is 4. The van der Waals surface area contributed by atoms with Crippen molar-refractivity contribution in [3.63, 3.8) is 0 Å². The Kier molecular flexibility index (Phi) is 18.5. The lowest BCUT2D eigenvalue weighted by Gasteiger charge is -2.28. The number of rotatable bonds is 24. The quantitative estimate of drug-likeness (QED) is 0.0453. The lowest BCUT2D eigenvalue weighted by atomic mass is 9.99. The van der Waals surface area contributed by atoms with Gasteiger partial charge in [-0.3, -0.25) is 33.6 Å². The molecule has 13 N–H and O–H groups in total. The van der Waals surface area contributed by atoms with Crippen molar-refractivity contribution in [2.45, 2.75) is 96.1 Å². The number of aliphatic hydroxyl groups is 1. The zero-order valence-corrected chi connectivity index (χ0v) is 33.1. The maximum Gasteiger partial charge on any atom is 0.245 e. The third-order valence-corrected chi connectivity index (χ3v) is 8.87. The van der Waals surface area contributed by atoms with Crippen LogP contribution >= 0.6 is 0 Å². The molecule has 6 unspecified atom stereocenters. The number of hydrogen-bond acceptors (Lipinski definition) is 11. The van der Waals surface area contributed by atoms with E-state index in [2.05, 4.69) is 51.8 Å². The molecule has 20 nitrogen and oxygen atoms in total. The highest BCUT2D eigenvalue weighted by Crippen LogP contribution is 2.11. The first-order valence-corrected chi connectivity index (χ1v) is 19.0. The highest BCUT2D eigenvalue weighted by Gasteiger charge is 2.34. The van der Waals surface area contributed by atoms with Crippen LogP contribution in [0.25, 0.3) is 0 Å². The summed E-state index contributed by atoms with van der Waals surface area (Å²) < 4.78 is 0. The molecule has 2 heterocycles. The van der Waals surface area contributed by atoms with Crippen LogP contribution in [-0.2, 0) is 52.8 Å². The predicted octanol–water partition coefficient (Wildman–Crippen LogP) is -2.40. The van der Waals surface area contributed by atoms with Gasteiger partial charge in [-0.15, -0.1) is 0 Å². The first-order chi connectivity index (χ1) is 27.6. The largest absolute Gasteiger partial charge is 0.394 e. The first-order valence-electron chi connectivity index (χ1n) is 19.0. The van der Waals surface area contributed by atoms with Crippen LogP contribution in [0.2, 0.25) is 0 Å². The van der Waals surface area contributed by atoms with E-state index in [9.17, 15) is 38.7 Å². The van der Waals surface area contributed by atoms with Gasteiger partial charge in [-0.2, -0.15) is 0 Å². The SMILES string of the molecule is CC(C)CC(NC(=O)C(CC(C)C)NC(=O)C(CO)NC(=O)C(Cc1cnc[nH]1)NC(=O)CN)C(=O)NC(Cc1cnc[nH]1)C(=O)NC(Cc1ccccc1)C(N)=O. The van der Waals surface area contributed by atoms with E-state index in [4.69, 9.17) is 11.5 Å². The Bertz CT molecular complexity index is 1790. The predicted molar refractivity (Wildman–Crippen MR) is 211 cm³/mol. The first kappa shape index (κ1) is 46.2. The maximum absolute atomic E-state index is 14.0. The summed E-state index contributed by atoms with van der Waals surface area (Å²) >= 11 is 0. The number of imidazole rings is 2. The minimum atomic E-state index is -1.53. The molecule has 0 aliphatic heterocycles. The number of carbonyl (C=O) groups excluding carboxylic acids is 7. The second-order valence-corrected chi connectivity index (χ2v) is 14.7. The van der Waals surface area contributed by atoms with Crippen molar-refractivity contribution >= 4 is 41.4 Å². The number of nitrogens with zero attached hydrogens (tertiary/aromatic N) is 2. The zero-order valence-electron chi connectivity index (χ0n) is 33.1. The molecule has 0 bridgehead atoms. The molecule has 20 heteroatoms. The number of aromatic amines is 2. The molecule has 7 amide bonds. The molecule has 316 valence electrons. The molecule has 0 fully saturated rings. The van der Waals surface area contributed by atoms with Crippen molar-refractivity contribution < 1.29 is 38.7 Å². The number of aliphatic hydroxyl groups excluding tert-OH is 1. The Morgan fingerprint density at radius 2 is 1.02 bits per heavy atom. The van der Waals surface area contributed by atoms with E-state index in [0.29, 0.717) is 11.4 Å². The van der Waals surface area contributed by atoms with Crippen LogP contribution in [0.5, 0.6) is 0 Å². The second-order valence-electron chi connectivity index (χ2n) is 14.7. The minimum Gasteiger partial charge on any atom is -0.394 e. The van der Waals surface area contributed by atoms with Crippen LogP contribution in [0.3, 0.4) is 0 Å². The molecule has 0 saturated heterocycles. The molecule has 0 radical (unpaired) electrons. The molecule has 58 heavy (non-hydrogen) atoms. The monoisotopic (exact) mass is 808 g/mol. The Hall–Kier alpha value is -6.15. The van der Waals surface area contributed by atoms with Crippen molar-refractivity contribution in [1.82, 2.24) is 51.8 Å². The average molecular weight is 809 g/mol. The van der Waals surface area contributed by atoms with Gasteiger partial charge >= 0.3 is 0 Å². The Morgan fingerprint density at radius 1 is 0.603 bits per heavy atom. The van der Waals surface area contributed by atoms with Gasteiger partial charge in [0.05, 0.1) is 25.8 Å². The summed E-state index contributed by atoms with van der Waals surface area (Å²) in [6.07, 6.45) is 6.01. The summed E-state index contributed by atoms with van der Waals surface area (Å²) in [5.74, 6) is -5.52. The molecular weight excluding hydrogens is 752 g/mol. The van der Waals surface area contributed by atoms with Gasteiger partial charge in [-0.05, 0) is 30.2 Å². The van der Waals surface area contributed by atoms with Gasteiger partial charge in [0.15, 0.2) is 0 Å². The van der Waals surface area contributed by atoms with E-state index in [1.165, 1.54) is 25.0 Å². The molecule has 3 rings (SSSR count). The maximum atomic E-state index is 14.0. The number of amides is 7. The second kappa shape index (κ2) is 23.2. The minimum absolute atomic E-state index is 0.0289. The van der Waals surface area contributed by atoms with Gasteiger partial charge in [0, 0.05) is 43.0 Å². The van der Waals surface area contributed by atoms with Crippen LogP contribution in [0.4, 0.5) is 0 Å². The van der Waals surface area contributed by atoms with E-state index >= 15 is 0 Å². The fourth-order valence-electron chi connectivity index (χ4n) is 5.94. The van der Waals surface area contributed by atoms with E-state index in [-0.39, 0.29) is 43.9 Å². The zero-order chi connectivity index (χ0) is 42.8. The normalized spacial score (nSPS) is 14.3. The smallest absolute Gasteiger partial charge is 0.245 e. The number of carbonyl (C=O) groups is 7. The van der Waals surface area contributed by atoms with Crippen LogP contribution in [0.1, 0.15) is 57.5 Å². The Morgan fingerprint density at radius 3 is 1.43 bits per heavy atom. The molecule has 2 aromatic heterocycles. The van der Waals surface area contributed by atoms with E-state index in [0.717, 1.165) is 5.56 Å². The fourth-order valence-corrected chi connectivity index (χ4v) is 5.94. The molecular formula is C38H56N12O8. The Labute approximate surface area is 336 Å². The van der Waals surface area contributed by atoms with Crippen molar-refractivity contribution in [2.75, 3.05) is 13.2 Å². The number of hydrogen-bond donors (Lipinski definition) is 11. The van der Waals surface area contributed by atoms with Crippen molar-refractivity contribution in [3.05, 3.63) is 72.3 Å². The highest BCUT2D eigenvalue weighted by atomic mass is 16.3. The van der Waals surface area contributed by atoms with Crippen LogP contribution in [-0.4, -0.2) is 116 Å². The third kappa shape index (κ3) is 15.4. The fraction of sp³-hybridized carbons (Fsp3) is 0.500. The van der Waals surface area contributed by atoms with Crippen molar-refractivity contribution in [2.24, 2.45) is 23.3 Å². The highest BCUT2D eigenvalue weighted by molar-refractivity contribution is 5.97. The summed E-state index contributed by atoms with van der Waals surface area (Å²) in [4.78, 5) is 106. The topological polar surface area (TPSA) is 321 Å². The standard InChI is InChI=1S/C38H56N12O8/c1-21(2)10-27(35(55)49-30(14-25-17-42-20-44-25)37(57)46-26(33(40)53)12-23-8-6-5-7-9-23)47-34(54)28(11-22(3)4)48-38(58)31(18-51)50-36(56)29(45-32(52)15-39)13-24-16-41-19-43-24/h5-9,16-17,19-22,26-31,51H,10-15,18,39H2,1-4H3,(H2,40,53)(H,41,43)(H,42,44)(H,45,52)(H,46,57)(H,47,54)(H,48,58)(H,49,55)(H,50,56). The van der Waals surface area contributed by atoms with Gasteiger partial charge in [0.1, 0.15) is 36.3 Å². The van der Waals surface area contributed by atoms with Gasteiger partial charge in [0.25, 0.3) is 0 Å². The van der Waals surface area contributed by atoms with Crippen LogP contribution < -0.4 is 43.4 Å². The molecule has 1 aromatic carbocycles. The molecule has 0 aliphatic rings. The van der Waals surface area contributed by atoms with Gasteiger partial charge < -0.3 is 58.4 Å². The third-order valence-electron chi connectivity index (χ3n) is 8.87. The number of nitrogens with two attached hydrogens (primary N) is 2. The molecule has 3 aromatic rings. The summed E-state index contributed by atoms with van der Waals surface area (Å²) in [6.45, 7) is 6.04. The summed E-state index contributed by atoms with van der Waals surface area (Å²) in [6, 6.07) is 1.49. The van der Waals surface area contributed by atoms with Gasteiger partial charge in [-0.1, -0.05) is 58.0 Å². The molecule has 0 aliphatic carbocycles. The number of benzene rings is 1. The van der Waals surface area contributed by atoms with Crippen LogP contribution in [0.15, 0.2) is 55.4 Å². The molecule has 0 spiro atoms.